The van der Waals surface area contributed by atoms with Crippen molar-refractivity contribution in [3.8, 4) is 5.75 Å². The van der Waals surface area contributed by atoms with Crippen molar-refractivity contribution in [2.75, 3.05) is 32.1 Å². The summed E-state index contributed by atoms with van der Waals surface area (Å²) in [4.78, 5) is 13.6. The number of hydrogen-bond acceptors (Lipinski definition) is 4. The summed E-state index contributed by atoms with van der Waals surface area (Å²) in [6, 6.07) is 16.1. The Bertz CT molecular complexity index is 791. The first-order valence-corrected chi connectivity index (χ1v) is 9.85. The van der Waals surface area contributed by atoms with E-state index >= 15 is 0 Å². The van der Waals surface area contributed by atoms with Crippen LogP contribution in [0.3, 0.4) is 0 Å². The van der Waals surface area contributed by atoms with Gasteiger partial charge in [0.1, 0.15) is 5.75 Å². The molecule has 0 spiro atoms. The third-order valence-electron chi connectivity index (χ3n) is 5.47. The molecule has 1 heterocycles. The monoisotopic (exact) mass is 382 g/mol. The van der Waals surface area contributed by atoms with Crippen molar-refractivity contribution < 1.29 is 14.6 Å². The van der Waals surface area contributed by atoms with Crippen LogP contribution in [-0.2, 0) is 17.8 Å². The van der Waals surface area contributed by atoms with Crippen molar-refractivity contribution in [2.45, 2.75) is 32.7 Å². The topological polar surface area (TPSA) is 61.8 Å². The highest BCUT2D eigenvalue weighted by Crippen LogP contribution is 2.34. The van der Waals surface area contributed by atoms with E-state index < -0.39 is 0 Å². The molecule has 3 rings (SSSR count). The number of nitrogens with one attached hydrogen (secondary N) is 1. The number of nitrogens with zero attached hydrogens (tertiary/aromatic N) is 1. The van der Waals surface area contributed by atoms with Gasteiger partial charge in [0.25, 0.3) is 0 Å². The molecule has 0 aliphatic carbocycles. The molecular weight excluding hydrogens is 352 g/mol. The van der Waals surface area contributed by atoms with Gasteiger partial charge in [0.05, 0.1) is 13.7 Å². The fraction of sp³-hybridized carbons (Fsp3) is 0.435. The molecule has 1 aliphatic rings. The molecule has 0 aromatic heterocycles. The van der Waals surface area contributed by atoms with Crippen LogP contribution in [-0.4, -0.2) is 42.7 Å². The number of aliphatic hydroxyl groups is 1. The molecular formula is C23H30N2O3. The number of carbonyl (C=O) groups excluding carboxylic acids is 1. The van der Waals surface area contributed by atoms with E-state index in [1.165, 1.54) is 18.1 Å². The van der Waals surface area contributed by atoms with Crippen LogP contribution in [0.4, 0.5) is 5.69 Å². The summed E-state index contributed by atoms with van der Waals surface area (Å²) in [5.74, 6) is 0.798. The highest BCUT2D eigenvalue weighted by atomic mass is 16.5. The molecule has 0 radical (unpaired) electrons. The summed E-state index contributed by atoms with van der Waals surface area (Å²) in [7, 11) is 1.68. The van der Waals surface area contributed by atoms with E-state index in [1.807, 2.05) is 24.3 Å². The second-order valence-electron chi connectivity index (χ2n) is 7.88. The van der Waals surface area contributed by atoms with Crippen molar-refractivity contribution in [3.63, 3.8) is 0 Å². The number of ether oxygens (including phenoxy) is 1. The minimum atomic E-state index is -0.124. The first-order chi connectivity index (χ1) is 13.5. The van der Waals surface area contributed by atoms with Gasteiger partial charge in [0, 0.05) is 31.1 Å². The minimum Gasteiger partial charge on any atom is -0.497 e. The zero-order valence-corrected chi connectivity index (χ0v) is 16.8. The van der Waals surface area contributed by atoms with Crippen LogP contribution in [0.25, 0.3) is 0 Å². The Morgan fingerprint density at radius 1 is 1.21 bits per heavy atom. The quantitative estimate of drug-likeness (QED) is 0.770. The maximum Gasteiger partial charge on any atom is 0.221 e. The summed E-state index contributed by atoms with van der Waals surface area (Å²) in [5.41, 5.74) is 3.11. The molecule has 1 saturated heterocycles. The van der Waals surface area contributed by atoms with Crippen LogP contribution in [0, 0.1) is 5.41 Å². The molecule has 2 N–H and O–H groups in total. The molecule has 2 aromatic rings. The number of amides is 1. The van der Waals surface area contributed by atoms with Gasteiger partial charge in [-0.05, 0) is 61.2 Å². The standard InChI is InChI=1S/C23H30N2O3/c1-18(27)24-21-9-7-19(8-10-21)15-25-12-4-11-23(16-25,17-26)14-20-5-3-6-22(13-20)28-2/h3,5-10,13,26H,4,11-12,14-17H2,1-2H3,(H,24,27). The van der Waals surface area contributed by atoms with Crippen LogP contribution >= 0.6 is 0 Å². The number of piperidine rings is 1. The van der Waals surface area contributed by atoms with Gasteiger partial charge in [-0.15, -0.1) is 0 Å². The molecule has 1 fully saturated rings. The van der Waals surface area contributed by atoms with E-state index in [0.717, 1.165) is 50.3 Å². The van der Waals surface area contributed by atoms with Crippen LogP contribution in [0.2, 0.25) is 0 Å². The predicted octanol–water partition coefficient (Wildman–Crippen LogP) is 3.47. The molecule has 1 aliphatic heterocycles. The number of benzene rings is 2. The van der Waals surface area contributed by atoms with Gasteiger partial charge in [-0.25, -0.2) is 0 Å². The smallest absolute Gasteiger partial charge is 0.221 e. The fourth-order valence-corrected chi connectivity index (χ4v) is 4.14. The number of carbonyl (C=O) groups is 1. The van der Waals surface area contributed by atoms with E-state index in [4.69, 9.17) is 4.74 Å². The molecule has 2 aromatic carbocycles. The third kappa shape index (κ3) is 5.33. The molecule has 5 heteroatoms. The fourth-order valence-electron chi connectivity index (χ4n) is 4.14. The third-order valence-corrected chi connectivity index (χ3v) is 5.47. The van der Waals surface area contributed by atoms with Crippen LogP contribution in [0.5, 0.6) is 5.75 Å². The maximum absolute atomic E-state index is 11.2. The highest BCUT2D eigenvalue weighted by molar-refractivity contribution is 5.88. The van der Waals surface area contributed by atoms with E-state index in [0.29, 0.717) is 0 Å². The molecule has 0 bridgehead atoms. The van der Waals surface area contributed by atoms with Gasteiger partial charge in [-0.2, -0.15) is 0 Å². The van der Waals surface area contributed by atoms with Crippen LogP contribution in [0.1, 0.15) is 30.9 Å². The summed E-state index contributed by atoms with van der Waals surface area (Å²) in [6.07, 6.45) is 2.95. The molecule has 150 valence electrons. The Kier molecular flexibility index (Phi) is 6.70. The van der Waals surface area contributed by atoms with Crippen LogP contribution in [0.15, 0.2) is 48.5 Å². The summed E-state index contributed by atoms with van der Waals surface area (Å²) >= 11 is 0. The second-order valence-corrected chi connectivity index (χ2v) is 7.88. The Morgan fingerprint density at radius 3 is 2.68 bits per heavy atom. The number of hydrogen-bond donors (Lipinski definition) is 2. The van der Waals surface area contributed by atoms with Gasteiger partial charge < -0.3 is 15.2 Å². The number of likely N-dealkylation sites (tertiary alicyclic amines) is 1. The highest BCUT2D eigenvalue weighted by Gasteiger charge is 2.35. The number of rotatable bonds is 7. The van der Waals surface area contributed by atoms with Crippen molar-refractivity contribution >= 4 is 11.6 Å². The lowest BCUT2D eigenvalue weighted by atomic mass is 9.75. The van der Waals surface area contributed by atoms with Crippen LogP contribution < -0.4 is 10.1 Å². The van der Waals surface area contributed by atoms with E-state index in [1.54, 1.807) is 7.11 Å². The van der Waals surface area contributed by atoms with Crippen molar-refractivity contribution in [3.05, 3.63) is 59.7 Å². The van der Waals surface area contributed by atoms with Gasteiger partial charge >= 0.3 is 0 Å². The number of methoxy groups -OCH3 is 1. The van der Waals surface area contributed by atoms with Gasteiger partial charge in [0.15, 0.2) is 0 Å². The van der Waals surface area contributed by atoms with Gasteiger partial charge in [0.2, 0.25) is 5.91 Å². The second kappa shape index (κ2) is 9.22. The lowest BCUT2D eigenvalue weighted by molar-refractivity contribution is -0.114. The number of anilines is 1. The summed E-state index contributed by atoms with van der Waals surface area (Å²) < 4.78 is 5.35. The first kappa shape index (κ1) is 20.4. The van der Waals surface area contributed by atoms with Crippen molar-refractivity contribution in [1.29, 1.82) is 0 Å². The van der Waals surface area contributed by atoms with E-state index in [-0.39, 0.29) is 17.9 Å². The first-order valence-electron chi connectivity index (χ1n) is 9.85. The zero-order valence-electron chi connectivity index (χ0n) is 16.8. The molecule has 0 saturated carbocycles. The summed E-state index contributed by atoms with van der Waals surface area (Å²) in [5, 5.41) is 13.0. The molecule has 5 nitrogen and oxygen atoms in total. The summed E-state index contributed by atoms with van der Waals surface area (Å²) in [6.45, 7) is 4.45. The Hall–Kier alpha value is -2.37. The zero-order chi connectivity index (χ0) is 20.0. The minimum absolute atomic E-state index is 0.0611. The SMILES string of the molecule is COc1cccc(CC2(CO)CCCN(Cc3ccc(NC(C)=O)cc3)C2)c1. The van der Waals surface area contributed by atoms with Crippen molar-refractivity contribution in [1.82, 2.24) is 4.90 Å². The maximum atomic E-state index is 11.2. The molecule has 1 atom stereocenters. The van der Waals surface area contributed by atoms with Gasteiger partial charge in [-0.3, -0.25) is 9.69 Å². The lowest BCUT2D eigenvalue weighted by Crippen LogP contribution is -2.46. The number of aliphatic hydroxyl groups excluding tert-OH is 1. The average Bonchev–Trinajstić information content (AvgIpc) is 2.69. The Morgan fingerprint density at radius 2 is 2.00 bits per heavy atom. The molecule has 1 amide bonds. The van der Waals surface area contributed by atoms with Crippen molar-refractivity contribution in [2.24, 2.45) is 5.41 Å². The molecule has 28 heavy (non-hydrogen) atoms. The Balaban J connectivity index is 1.66. The van der Waals surface area contributed by atoms with Gasteiger partial charge in [-0.1, -0.05) is 24.3 Å². The largest absolute Gasteiger partial charge is 0.497 e. The van der Waals surface area contributed by atoms with E-state index in [9.17, 15) is 9.90 Å². The average molecular weight is 383 g/mol. The Labute approximate surface area is 167 Å². The predicted molar refractivity (Wildman–Crippen MR) is 111 cm³/mol. The molecule has 1 unspecified atom stereocenters. The lowest BCUT2D eigenvalue weighted by Gasteiger charge is -2.42. The van der Waals surface area contributed by atoms with E-state index in [2.05, 4.69) is 34.5 Å². The normalized spacial score (nSPS) is 20.0.